The molecule has 4 rings (SSSR count). The van der Waals surface area contributed by atoms with Gasteiger partial charge in [0, 0.05) is 42.8 Å². The van der Waals surface area contributed by atoms with E-state index < -0.39 is 23.9 Å². The highest BCUT2D eigenvalue weighted by Crippen LogP contribution is 2.33. The monoisotopic (exact) mass is 433 g/mol. The molecule has 2 aromatic heterocycles. The molecular formula is C20H18F3N5O3. The Morgan fingerprint density at radius 1 is 1.16 bits per heavy atom. The van der Waals surface area contributed by atoms with Crippen LogP contribution in [0.15, 0.2) is 42.6 Å². The molecule has 3 heterocycles. The number of alkyl halides is 3. The van der Waals surface area contributed by atoms with Gasteiger partial charge in [-0.2, -0.15) is 13.2 Å². The quantitative estimate of drug-likeness (QED) is 0.580. The minimum atomic E-state index is -4.43. The van der Waals surface area contributed by atoms with Gasteiger partial charge in [0.25, 0.3) is 0 Å². The maximum atomic E-state index is 12.9. The first-order valence-corrected chi connectivity index (χ1v) is 9.42. The van der Waals surface area contributed by atoms with Gasteiger partial charge in [0.1, 0.15) is 11.2 Å². The minimum absolute atomic E-state index is 0.164. The van der Waals surface area contributed by atoms with Gasteiger partial charge in [-0.05, 0) is 24.3 Å². The maximum Gasteiger partial charge on any atom is 0.416 e. The van der Waals surface area contributed by atoms with Crippen molar-refractivity contribution in [3.63, 3.8) is 0 Å². The fourth-order valence-electron chi connectivity index (χ4n) is 3.67. The van der Waals surface area contributed by atoms with Gasteiger partial charge in [0.05, 0.1) is 11.6 Å². The molecule has 1 saturated heterocycles. The molecule has 3 N–H and O–H groups in total. The number of anilines is 1. The van der Waals surface area contributed by atoms with Gasteiger partial charge in [0.15, 0.2) is 5.82 Å². The van der Waals surface area contributed by atoms with Gasteiger partial charge in [-0.3, -0.25) is 4.98 Å². The zero-order valence-corrected chi connectivity index (χ0v) is 16.0. The zero-order valence-electron chi connectivity index (χ0n) is 16.0. The van der Waals surface area contributed by atoms with E-state index in [1.165, 1.54) is 17.0 Å². The number of nitrogens with zero attached hydrogens (tertiary/aromatic N) is 4. The Morgan fingerprint density at radius 2 is 1.90 bits per heavy atom. The second-order valence-corrected chi connectivity index (χ2v) is 7.25. The van der Waals surface area contributed by atoms with Gasteiger partial charge >= 0.3 is 12.3 Å². The van der Waals surface area contributed by atoms with E-state index in [0.717, 1.165) is 12.1 Å². The van der Waals surface area contributed by atoms with E-state index in [1.54, 1.807) is 18.3 Å². The van der Waals surface area contributed by atoms with Crippen LogP contribution in [0.3, 0.4) is 0 Å². The summed E-state index contributed by atoms with van der Waals surface area (Å²) in [7, 11) is 0. The topological polar surface area (TPSA) is 111 Å². The highest BCUT2D eigenvalue weighted by Gasteiger charge is 2.35. The molecular weight excluding hydrogens is 415 g/mol. The number of aliphatic hydroxyl groups is 1. The molecule has 2 atom stereocenters. The lowest BCUT2D eigenvalue weighted by atomic mass is 10.0. The molecule has 3 aromatic rings. The summed E-state index contributed by atoms with van der Waals surface area (Å²) in [6.45, 7) is 0.146. The van der Waals surface area contributed by atoms with Crippen molar-refractivity contribution in [2.45, 2.75) is 12.2 Å². The van der Waals surface area contributed by atoms with E-state index in [4.69, 9.17) is 0 Å². The van der Waals surface area contributed by atoms with Crippen molar-refractivity contribution in [1.82, 2.24) is 20.1 Å². The van der Waals surface area contributed by atoms with Crippen molar-refractivity contribution < 1.29 is 28.2 Å². The van der Waals surface area contributed by atoms with Crippen LogP contribution in [-0.4, -0.2) is 62.1 Å². The van der Waals surface area contributed by atoms with Crippen molar-refractivity contribution in [2.75, 3.05) is 25.0 Å². The van der Waals surface area contributed by atoms with Crippen molar-refractivity contribution in [1.29, 1.82) is 0 Å². The van der Waals surface area contributed by atoms with Gasteiger partial charge in [-0.15, -0.1) is 10.2 Å². The lowest BCUT2D eigenvalue weighted by Gasteiger charge is -2.19. The summed E-state index contributed by atoms with van der Waals surface area (Å²) in [5, 5.41) is 30.9. The molecule has 0 unspecified atom stereocenters. The second kappa shape index (κ2) is 7.99. The van der Waals surface area contributed by atoms with Crippen LogP contribution in [0.25, 0.3) is 22.2 Å². The number of hydrogen-bond acceptors (Lipinski definition) is 6. The minimum Gasteiger partial charge on any atom is -0.465 e. The van der Waals surface area contributed by atoms with E-state index in [-0.39, 0.29) is 25.6 Å². The third kappa shape index (κ3) is 4.08. The molecule has 1 aliphatic rings. The molecule has 0 spiro atoms. The first kappa shape index (κ1) is 20.8. The smallest absolute Gasteiger partial charge is 0.416 e. The van der Waals surface area contributed by atoms with E-state index in [9.17, 15) is 28.2 Å². The number of rotatable bonds is 4. The lowest BCUT2D eigenvalue weighted by Crippen LogP contribution is -2.32. The van der Waals surface area contributed by atoms with Crippen molar-refractivity contribution in [3.05, 3.63) is 48.2 Å². The van der Waals surface area contributed by atoms with Gasteiger partial charge in [0.2, 0.25) is 0 Å². The van der Waals surface area contributed by atoms with Crippen LogP contribution in [0.5, 0.6) is 0 Å². The largest absolute Gasteiger partial charge is 0.465 e. The molecule has 0 saturated carbocycles. The average molecular weight is 433 g/mol. The Kier molecular flexibility index (Phi) is 5.36. The summed E-state index contributed by atoms with van der Waals surface area (Å²) < 4.78 is 38.6. The van der Waals surface area contributed by atoms with E-state index >= 15 is 0 Å². The zero-order chi connectivity index (χ0) is 22.2. The number of carboxylic acid groups (broad SMARTS) is 1. The van der Waals surface area contributed by atoms with Crippen LogP contribution in [0.1, 0.15) is 5.56 Å². The van der Waals surface area contributed by atoms with Crippen LogP contribution in [0.4, 0.5) is 23.8 Å². The molecule has 1 fully saturated rings. The van der Waals surface area contributed by atoms with Crippen LogP contribution >= 0.6 is 0 Å². The van der Waals surface area contributed by atoms with Crippen molar-refractivity contribution in [3.8, 4) is 11.3 Å². The van der Waals surface area contributed by atoms with Crippen molar-refractivity contribution >= 4 is 22.8 Å². The van der Waals surface area contributed by atoms with E-state index in [0.29, 0.717) is 28.0 Å². The fraction of sp³-hybridized carbons (Fsp3) is 0.300. The molecule has 8 nitrogen and oxygen atoms in total. The second-order valence-electron chi connectivity index (χ2n) is 7.25. The predicted octanol–water partition coefficient (Wildman–Crippen LogP) is 3.09. The first-order valence-electron chi connectivity index (χ1n) is 9.42. The maximum absolute atomic E-state index is 12.9. The molecule has 31 heavy (non-hydrogen) atoms. The number of aliphatic hydroxyl groups excluding tert-OH is 1. The van der Waals surface area contributed by atoms with Crippen LogP contribution in [0.2, 0.25) is 0 Å². The molecule has 0 radical (unpaired) electrons. The number of nitrogens with one attached hydrogen (secondary N) is 1. The highest BCUT2D eigenvalue weighted by atomic mass is 19.4. The third-order valence-corrected chi connectivity index (χ3v) is 5.29. The molecule has 0 bridgehead atoms. The summed E-state index contributed by atoms with van der Waals surface area (Å²) >= 11 is 0. The summed E-state index contributed by atoms with van der Waals surface area (Å²) in [6.07, 6.45) is -3.96. The number of pyridine rings is 1. The standard InChI is InChI=1S/C20H18F3N5O3/c21-20(22,23)13-5-3-11(4-6-13)16-14-2-1-7-24-17(14)18(27-26-16)25-15-9-28(19(30)31)8-12(15)10-29/h1-7,12,15,29H,8-10H2,(H,25,27)(H,30,31)/t12-,15+/m0/s1. The van der Waals surface area contributed by atoms with Gasteiger partial charge in [-0.1, -0.05) is 12.1 Å². The van der Waals surface area contributed by atoms with Crippen LogP contribution < -0.4 is 5.32 Å². The van der Waals surface area contributed by atoms with Crippen LogP contribution in [0, 0.1) is 5.92 Å². The summed E-state index contributed by atoms with van der Waals surface area (Å²) in [6, 6.07) is 7.65. The number of aromatic nitrogens is 3. The van der Waals surface area contributed by atoms with Gasteiger partial charge in [-0.25, -0.2) is 4.79 Å². The summed E-state index contributed by atoms with van der Waals surface area (Å²) in [5.41, 5.74) is 0.512. The number of carbonyl (C=O) groups is 1. The molecule has 162 valence electrons. The number of halogens is 3. The van der Waals surface area contributed by atoms with E-state index in [1.807, 2.05) is 0 Å². The molecule has 11 heteroatoms. The molecule has 1 aromatic carbocycles. The Morgan fingerprint density at radius 3 is 2.55 bits per heavy atom. The van der Waals surface area contributed by atoms with Crippen LogP contribution in [-0.2, 0) is 6.18 Å². The van der Waals surface area contributed by atoms with E-state index in [2.05, 4.69) is 20.5 Å². The third-order valence-electron chi connectivity index (χ3n) is 5.29. The normalized spacial score (nSPS) is 19.0. The summed E-state index contributed by atoms with van der Waals surface area (Å²) in [4.78, 5) is 16.8. The number of amides is 1. The Labute approximate surface area is 174 Å². The molecule has 1 aliphatic heterocycles. The Hall–Kier alpha value is -3.47. The van der Waals surface area contributed by atoms with Crippen molar-refractivity contribution in [2.24, 2.45) is 5.92 Å². The SMILES string of the molecule is O=C(O)N1C[C@@H](CO)[C@H](Nc2nnc(-c3ccc(C(F)(F)F)cc3)c3cccnc23)C1. The molecule has 0 aliphatic carbocycles. The fourth-order valence-corrected chi connectivity index (χ4v) is 3.67. The van der Waals surface area contributed by atoms with Gasteiger partial charge < -0.3 is 20.4 Å². The lowest BCUT2D eigenvalue weighted by molar-refractivity contribution is -0.137. The number of hydrogen-bond donors (Lipinski definition) is 3. The Bertz CT molecular complexity index is 1110. The molecule has 1 amide bonds. The summed E-state index contributed by atoms with van der Waals surface area (Å²) in [5.74, 6) is -0.0202. The Balaban J connectivity index is 1.68. The predicted molar refractivity (Wildman–Crippen MR) is 105 cm³/mol. The number of likely N-dealkylation sites (tertiary alicyclic amines) is 1. The number of fused-ring (bicyclic) bond motifs is 1. The number of benzene rings is 1. The first-order chi connectivity index (χ1) is 14.8. The highest BCUT2D eigenvalue weighted by molar-refractivity contribution is 5.97. The average Bonchev–Trinajstić information content (AvgIpc) is 3.17.